The molecule has 2 aromatic carbocycles. The fourth-order valence-electron chi connectivity index (χ4n) is 1.75. The minimum absolute atomic E-state index is 0.274. The second kappa shape index (κ2) is 6.20. The van der Waals surface area contributed by atoms with Crippen molar-refractivity contribution < 1.29 is 13.9 Å². The molecule has 4 heteroatoms. The number of hydrogen-bond acceptors (Lipinski definition) is 3. The zero-order valence-corrected chi connectivity index (χ0v) is 10.7. The van der Waals surface area contributed by atoms with E-state index >= 15 is 0 Å². The number of nitrogens with two attached hydrogens (primary N) is 1. The van der Waals surface area contributed by atoms with Crippen molar-refractivity contribution in [3.8, 4) is 11.5 Å². The van der Waals surface area contributed by atoms with Crippen molar-refractivity contribution >= 4 is 0 Å². The van der Waals surface area contributed by atoms with Crippen LogP contribution in [0, 0.1) is 5.82 Å². The predicted molar refractivity (Wildman–Crippen MR) is 71.6 cm³/mol. The van der Waals surface area contributed by atoms with E-state index in [-0.39, 0.29) is 12.4 Å². The van der Waals surface area contributed by atoms with Crippen LogP contribution in [0.1, 0.15) is 11.1 Å². The summed E-state index contributed by atoms with van der Waals surface area (Å²) in [6.07, 6.45) is 0. The van der Waals surface area contributed by atoms with E-state index in [1.807, 2.05) is 24.3 Å². The number of hydrogen-bond donors (Lipinski definition) is 1. The third kappa shape index (κ3) is 3.45. The number of ether oxygens (including phenoxy) is 2. The summed E-state index contributed by atoms with van der Waals surface area (Å²) >= 11 is 0. The Morgan fingerprint density at radius 3 is 2.58 bits per heavy atom. The second-order valence-electron chi connectivity index (χ2n) is 4.11. The maximum Gasteiger partial charge on any atom is 0.161 e. The Balaban J connectivity index is 2.14. The van der Waals surface area contributed by atoms with Crippen molar-refractivity contribution in [3.63, 3.8) is 0 Å². The van der Waals surface area contributed by atoms with Gasteiger partial charge in [-0.3, -0.25) is 0 Å². The molecular formula is C15H16FNO2. The molecule has 0 radical (unpaired) electrons. The minimum Gasteiger partial charge on any atom is -0.493 e. The van der Waals surface area contributed by atoms with Crippen molar-refractivity contribution in [1.82, 2.24) is 0 Å². The lowest BCUT2D eigenvalue weighted by atomic mass is 10.2. The molecular weight excluding hydrogens is 245 g/mol. The van der Waals surface area contributed by atoms with Gasteiger partial charge in [0.1, 0.15) is 12.4 Å². The minimum atomic E-state index is -0.274. The van der Waals surface area contributed by atoms with E-state index < -0.39 is 0 Å². The maximum atomic E-state index is 13.1. The molecule has 0 saturated heterocycles. The van der Waals surface area contributed by atoms with E-state index in [0.29, 0.717) is 18.0 Å². The molecule has 2 rings (SSSR count). The molecule has 0 bridgehead atoms. The standard InChI is InChI=1S/C15H16FNO2/c1-18-14-6-5-11(9-17)8-15(14)19-10-12-3-2-4-13(16)7-12/h2-8H,9-10,17H2,1H3. The molecule has 0 aliphatic heterocycles. The van der Waals surface area contributed by atoms with Crippen molar-refractivity contribution in [2.75, 3.05) is 7.11 Å². The summed E-state index contributed by atoms with van der Waals surface area (Å²) in [5.74, 6) is 0.965. The molecule has 0 aromatic heterocycles. The van der Waals surface area contributed by atoms with Crippen molar-refractivity contribution in [1.29, 1.82) is 0 Å². The number of rotatable bonds is 5. The van der Waals surface area contributed by atoms with Crippen molar-refractivity contribution in [2.24, 2.45) is 5.73 Å². The fraction of sp³-hybridized carbons (Fsp3) is 0.200. The lowest BCUT2D eigenvalue weighted by Gasteiger charge is -2.12. The zero-order chi connectivity index (χ0) is 13.7. The van der Waals surface area contributed by atoms with Crippen LogP contribution in [0.4, 0.5) is 4.39 Å². The van der Waals surface area contributed by atoms with Crippen molar-refractivity contribution in [3.05, 3.63) is 59.4 Å². The summed E-state index contributed by atoms with van der Waals surface area (Å²) in [4.78, 5) is 0. The molecule has 19 heavy (non-hydrogen) atoms. The average Bonchev–Trinajstić information content (AvgIpc) is 2.45. The monoisotopic (exact) mass is 261 g/mol. The van der Waals surface area contributed by atoms with E-state index in [9.17, 15) is 4.39 Å². The van der Waals surface area contributed by atoms with Crippen LogP contribution in [0.15, 0.2) is 42.5 Å². The molecule has 0 fully saturated rings. The van der Waals surface area contributed by atoms with Crippen LogP contribution in [-0.4, -0.2) is 7.11 Å². The Morgan fingerprint density at radius 2 is 1.89 bits per heavy atom. The lowest BCUT2D eigenvalue weighted by Crippen LogP contribution is -2.01. The van der Waals surface area contributed by atoms with Gasteiger partial charge in [-0.1, -0.05) is 18.2 Å². The summed E-state index contributed by atoms with van der Waals surface area (Å²) in [5, 5.41) is 0. The van der Waals surface area contributed by atoms with Gasteiger partial charge in [0.15, 0.2) is 11.5 Å². The summed E-state index contributed by atoms with van der Waals surface area (Å²) in [7, 11) is 1.58. The van der Waals surface area contributed by atoms with E-state index in [1.165, 1.54) is 12.1 Å². The fourth-order valence-corrected chi connectivity index (χ4v) is 1.75. The third-order valence-electron chi connectivity index (χ3n) is 2.75. The molecule has 0 aliphatic carbocycles. The van der Waals surface area contributed by atoms with Crippen LogP contribution in [0.3, 0.4) is 0 Å². The van der Waals surface area contributed by atoms with Gasteiger partial charge in [-0.05, 0) is 35.4 Å². The summed E-state index contributed by atoms with van der Waals surface area (Å²) < 4.78 is 23.9. The summed E-state index contributed by atoms with van der Waals surface area (Å²) in [6.45, 7) is 0.711. The van der Waals surface area contributed by atoms with Gasteiger partial charge < -0.3 is 15.2 Å². The molecule has 2 N–H and O–H groups in total. The van der Waals surface area contributed by atoms with E-state index in [2.05, 4.69) is 0 Å². The quantitative estimate of drug-likeness (QED) is 0.900. The van der Waals surface area contributed by atoms with Gasteiger partial charge >= 0.3 is 0 Å². The third-order valence-corrected chi connectivity index (χ3v) is 2.75. The highest BCUT2D eigenvalue weighted by atomic mass is 19.1. The summed E-state index contributed by atoms with van der Waals surface area (Å²) in [5.41, 5.74) is 7.31. The molecule has 3 nitrogen and oxygen atoms in total. The molecule has 0 aliphatic rings. The van der Waals surface area contributed by atoms with E-state index in [0.717, 1.165) is 11.1 Å². The van der Waals surface area contributed by atoms with Gasteiger partial charge in [-0.25, -0.2) is 4.39 Å². The highest BCUT2D eigenvalue weighted by molar-refractivity contribution is 5.43. The van der Waals surface area contributed by atoms with Crippen LogP contribution in [0.2, 0.25) is 0 Å². The normalized spacial score (nSPS) is 10.3. The smallest absolute Gasteiger partial charge is 0.161 e. The maximum absolute atomic E-state index is 13.1. The van der Waals surface area contributed by atoms with E-state index in [1.54, 1.807) is 13.2 Å². The zero-order valence-electron chi connectivity index (χ0n) is 10.7. The van der Waals surface area contributed by atoms with Gasteiger partial charge in [0.05, 0.1) is 7.11 Å². The molecule has 0 spiro atoms. The lowest BCUT2D eigenvalue weighted by molar-refractivity contribution is 0.283. The molecule has 0 amide bonds. The first-order chi connectivity index (χ1) is 9.22. The van der Waals surface area contributed by atoms with Gasteiger partial charge in [0.2, 0.25) is 0 Å². The number of benzene rings is 2. The molecule has 0 atom stereocenters. The van der Waals surface area contributed by atoms with Crippen LogP contribution in [-0.2, 0) is 13.2 Å². The van der Waals surface area contributed by atoms with Crippen LogP contribution in [0.25, 0.3) is 0 Å². The summed E-state index contributed by atoms with van der Waals surface area (Å²) in [6, 6.07) is 11.8. The SMILES string of the molecule is COc1ccc(CN)cc1OCc1cccc(F)c1. The Labute approximate surface area is 111 Å². The van der Waals surface area contributed by atoms with Gasteiger partial charge in [0, 0.05) is 6.54 Å². The average molecular weight is 261 g/mol. The molecule has 100 valence electrons. The highest BCUT2D eigenvalue weighted by Crippen LogP contribution is 2.28. The highest BCUT2D eigenvalue weighted by Gasteiger charge is 2.06. The van der Waals surface area contributed by atoms with Gasteiger partial charge in [0.25, 0.3) is 0 Å². The molecule has 0 heterocycles. The van der Waals surface area contributed by atoms with Crippen molar-refractivity contribution in [2.45, 2.75) is 13.2 Å². The predicted octanol–water partition coefficient (Wildman–Crippen LogP) is 2.87. The Kier molecular flexibility index (Phi) is 4.36. The first kappa shape index (κ1) is 13.4. The Morgan fingerprint density at radius 1 is 1.05 bits per heavy atom. The molecule has 2 aromatic rings. The van der Waals surface area contributed by atoms with Crippen LogP contribution in [0.5, 0.6) is 11.5 Å². The number of halogens is 1. The van der Waals surface area contributed by atoms with Gasteiger partial charge in [-0.2, -0.15) is 0 Å². The first-order valence-corrected chi connectivity index (χ1v) is 5.97. The van der Waals surface area contributed by atoms with Gasteiger partial charge in [-0.15, -0.1) is 0 Å². The van der Waals surface area contributed by atoms with Crippen LogP contribution < -0.4 is 15.2 Å². The largest absolute Gasteiger partial charge is 0.493 e. The molecule has 0 saturated carbocycles. The number of methoxy groups -OCH3 is 1. The van der Waals surface area contributed by atoms with E-state index in [4.69, 9.17) is 15.2 Å². The Hall–Kier alpha value is -2.07. The second-order valence-corrected chi connectivity index (χ2v) is 4.11. The topological polar surface area (TPSA) is 44.5 Å². The Bertz CT molecular complexity index is 558. The van der Waals surface area contributed by atoms with Crippen LogP contribution >= 0.6 is 0 Å². The molecule has 0 unspecified atom stereocenters. The first-order valence-electron chi connectivity index (χ1n) is 5.97.